The normalized spacial score (nSPS) is 15.8. The molecule has 0 unspecified atom stereocenters. The van der Waals surface area contributed by atoms with Gasteiger partial charge in [0.15, 0.2) is 0 Å². The van der Waals surface area contributed by atoms with Crippen LogP contribution in [0.15, 0.2) is 48.1 Å². The first kappa shape index (κ1) is 7.35. The molecule has 1 aromatic rings. The zero-order chi connectivity index (χ0) is 8.23. The van der Waals surface area contributed by atoms with Gasteiger partial charge in [-0.1, -0.05) is 54.1 Å². The maximum atomic E-state index is 2.28. The standard InChI is InChI=1S/C12H12/c1-2-5-11(6-3-1)9-10-12-7-4-8-12/h1-3,5-7,9-10H,4,8H2. The van der Waals surface area contributed by atoms with E-state index in [0.29, 0.717) is 0 Å². The smallest absolute Gasteiger partial charge is 0.0247 e. The molecule has 0 saturated carbocycles. The summed E-state index contributed by atoms with van der Waals surface area (Å²) in [6, 6.07) is 10.4. The van der Waals surface area contributed by atoms with Crippen molar-refractivity contribution in [1.29, 1.82) is 0 Å². The molecule has 0 heterocycles. The average Bonchev–Trinajstić information content (AvgIpc) is 2.04. The maximum absolute atomic E-state index is 2.28. The fourth-order valence-electron chi connectivity index (χ4n) is 1.23. The van der Waals surface area contributed by atoms with Gasteiger partial charge in [0.05, 0.1) is 0 Å². The highest BCUT2D eigenvalue weighted by Crippen LogP contribution is 2.19. The third-order valence-corrected chi connectivity index (χ3v) is 2.13. The molecule has 60 valence electrons. The average molecular weight is 156 g/mol. The SMILES string of the molecule is C(=Cc1ccccc1)C1=CCC1. The first-order valence-corrected chi connectivity index (χ1v) is 4.37. The van der Waals surface area contributed by atoms with Gasteiger partial charge in [-0.3, -0.25) is 0 Å². The van der Waals surface area contributed by atoms with Crippen molar-refractivity contribution in [2.24, 2.45) is 0 Å². The van der Waals surface area contributed by atoms with Crippen LogP contribution in [-0.4, -0.2) is 0 Å². The van der Waals surface area contributed by atoms with Crippen molar-refractivity contribution < 1.29 is 0 Å². The first-order chi connectivity index (χ1) is 5.95. The molecular formula is C12H12. The van der Waals surface area contributed by atoms with Gasteiger partial charge in [0.1, 0.15) is 0 Å². The van der Waals surface area contributed by atoms with Crippen LogP contribution in [0.1, 0.15) is 18.4 Å². The Bertz CT molecular complexity index is 304. The molecule has 0 radical (unpaired) electrons. The lowest BCUT2D eigenvalue weighted by Crippen LogP contribution is -1.88. The Kier molecular flexibility index (Phi) is 2.08. The summed E-state index contributed by atoms with van der Waals surface area (Å²) < 4.78 is 0. The van der Waals surface area contributed by atoms with Crippen LogP contribution in [0.4, 0.5) is 0 Å². The number of rotatable bonds is 2. The van der Waals surface area contributed by atoms with E-state index in [1.807, 2.05) is 6.07 Å². The molecular weight excluding hydrogens is 144 g/mol. The van der Waals surface area contributed by atoms with Gasteiger partial charge in [-0.15, -0.1) is 0 Å². The summed E-state index contributed by atoms with van der Waals surface area (Å²) in [5, 5.41) is 0. The minimum absolute atomic E-state index is 1.25. The topological polar surface area (TPSA) is 0 Å². The van der Waals surface area contributed by atoms with E-state index in [0.717, 1.165) is 0 Å². The predicted molar refractivity (Wildman–Crippen MR) is 52.8 cm³/mol. The van der Waals surface area contributed by atoms with Crippen LogP contribution in [0.2, 0.25) is 0 Å². The van der Waals surface area contributed by atoms with Crippen molar-refractivity contribution in [2.75, 3.05) is 0 Å². The van der Waals surface area contributed by atoms with Crippen molar-refractivity contribution in [2.45, 2.75) is 12.8 Å². The highest BCUT2D eigenvalue weighted by atomic mass is 14.0. The summed E-state index contributed by atoms with van der Waals surface area (Å²) in [7, 11) is 0. The molecule has 0 amide bonds. The Morgan fingerprint density at radius 3 is 2.33 bits per heavy atom. The lowest BCUT2D eigenvalue weighted by atomic mass is 9.98. The van der Waals surface area contributed by atoms with Gasteiger partial charge in [-0.2, -0.15) is 0 Å². The second-order valence-electron chi connectivity index (χ2n) is 3.06. The molecule has 0 nitrogen and oxygen atoms in total. The van der Waals surface area contributed by atoms with Gasteiger partial charge in [0.2, 0.25) is 0 Å². The Labute approximate surface area is 73.2 Å². The maximum Gasteiger partial charge on any atom is -0.0247 e. The summed E-state index contributed by atoms with van der Waals surface area (Å²) in [5.74, 6) is 0. The molecule has 0 N–H and O–H groups in total. The Morgan fingerprint density at radius 1 is 1.00 bits per heavy atom. The quantitative estimate of drug-likeness (QED) is 0.615. The Balaban J connectivity index is 2.08. The van der Waals surface area contributed by atoms with E-state index in [1.54, 1.807) is 0 Å². The lowest BCUT2D eigenvalue weighted by Gasteiger charge is -2.08. The Hall–Kier alpha value is -1.30. The van der Waals surface area contributed by atoms with E-state index in [1.165, 1.54) is 24.0 Å². The second-order valence-corrected chi connectivity index (χ2v) is 3.06. The molecule has 0 heteroatoms. The molecule has 12 heavy (non-hydrogen) atoms. The van der Waals surface area contributed by atoms with Crippen molar-refractivity contribution in [3.05, 3.63) is 53.6 Å². The fraction of sp³-hybridized carbons (Fsp3) is 0.167. The van der Waals surface area contributed by atoms with Crippen molar-refractivity contribution in [1.82, 2.24) is 0 Å². The molecule has 0 atom stereocenters. The number of benzene rings is 1. The van der Waals surface area contributed by atoms with Crippen LogP contribution in [0.5, 0.6) is 0 Å². The number of allylic oxidation sites excluding steroid dienone is 3. The predicted octanol–water partition coefficient (Wildman–Crippen LogP) is 3.42. The van der Waals surface area contributed by atoms with Crippen LogP contribution in [-0.2, 0) is 0 Å². The van der Waals surface area contributed by atoms with E-state index in [-0.39, 0.29) is 0 Å². The Morgan fingerprint density at radius 2 is 1.75 bits per heavy atom. The van der Waals surface area contributed by atoms with Gasteiger partial charge in [0, 0.05) is 0 Å². The fourth-order valence-corrected chi connectivity index (χ4v) is 1.23. The molecule has 0 spiro atoms. The summed E-state index contributed by atoms with van der Waals surface area (Å²) in [5.41, 5.74) is 2.75. The summed E-state index contributed by atoms with van der Waals surface area (Å²) in [6.07, 6.45) is 9.17. The number of hydrogen-bond acceptors (Lipinski definition) is 0. The van der Waals surface area contributed by atoms with E-state index < -0.39 is 0 Å². The first-order valence-electron chi connectivity index (χ1n) is 4.37. The second kappa shape index (κ2) is 3.40. The summed E-state index contributed by atoms with van der Waals surface area (Å²) >= 11 is 0. The zero-order valence-corrected chi connectivity index (χ0v) is 7.03. The third-order valence-electron chi connectivity index (χ3n) is 2.13. The largest absolute Gasteiger partial charge is 0.0810 e. The number of hydrogen-bond donors (Lipinski definition) is 0. The molecule has 1 aliphatic carbocycles. The van der Waals surface area contributed by atoms with E-state index in [2.05, 4.69) is 42.5 Å². The van der Waals surface area contributed by atoms with Gasteiger partial charge in [0.25, 0.3) is 0 Å². The minimum atomic E-state index is 1.25. The molecule has 0 aromatic heterocycles. The highest BCUT2D eigenvalue weighted by Gasteiger charge is 1.99. The monoisotopic (exact) mass is 156 g/mol. The highest BCUT2D eigenvalue weighted by molar-refractivity contribution is 5.53. The van der Waals surface area contributed by atoms with E-state index in [4.69, 9.17) is 0 Å². The lowest BCUT2D eigenvalue weighted by molar-refractivity contribution is 0.908. The van der Waals surface area contributed by atoms with E-state index in [9.17, 15) is 0 Å². The van der Waals surface area contributed by atoms with Crippen LogP contribution in [0.25, 0.3) is 6.08 Å². The summed E-state index contributed by atoms with van der Waals surface area (Å²) in [4.78, 5) is 0. The third kappa shape index (κ3) is 1.65. The molecule has 0 aliphatic heterocycles. The van der Waals surface area contributed by atoms with Crippen LogP contribution in [0.3, 0.4) is 0 Å². The molecule has 1 aliphatic rings. The van der Waals surface area contributed by atoms with Crippen LogP contribution in [0, 0.1) is 0 Å². The minimum Gasteiger partial charge on any atom is -0.0810 e. The van der Waals surface area contributed by atoms with Crippen molar-refractivity contribution in [3.63, 3.8) is 0 Å². The van der Waals surface area contributed by atoms with Gasteiger partial charge in [-0.05, 0) is 18.4 Å². The van der Waals surface area contributed by atoms with Gasteiger partial charge < -0.3 is 0 Å². The molecule has 0 saturated heterocycles. The van der Waals surface area contributed by atoms with Gasteiger partial charge in [-0.25, -0.2) is 0 Å². The van der Waals surface area contributed by atoms with Crippen molar-refractivity contribution in [3.8, 4) is 0 Å². The van der Waals surface area contributed by atoms with Gasteiger partial charge >= 0.3 is 0 Å². The molecule has 1 aromatic carbocycles. The van der Waals surface area contributed by atoms with Crippen LogP contribution >= 0.6 is 0 Å². The zero-order valence-electron chi connectivity index (χ0n) is 7.03. The molecule has 0 bridgehead atoms. The summed E-state index contributed by atoms with van der Waals surface area (Å²) in [6.45, 7) is 0. The molecule has 0 fully saturated rings. The van der Waals surface area contributed by atoms with Crippen molar-refractivity contribution >= 4 is 6.08 Å². The van der Waals surface area contributed by atoms with E-state index >= 15 is 0 Å². The van der Waals surface area contributed by atoms with Crippen LogP contribution < -0.4 is 0 Å². The molecule has 2 rings (SSSR count).